The number of nitrogens with zero attached hydrogens (tertiary/aromatic N) is 2. The summed E-state index contributed by atoms with van der Waals surface area (Å²) in [6, 6.07) is 0.418. The predicted molar refractivity (Wildman–Crippen MR) is 63.9 cm³/mol. The summed E-state index contributed by atoms with van der Waals surface area (Å²) in [5.41, 5.74) is 7.13. The first-order valence-corrected chi connectivity index (χ1v) is 5.96. The molecule has 86 valence electrons. The predicted octanol–water partition coefficient (Wildman–Crippen LogP) is 2.70. The van der Waals surface area contributed by atoms with Crippen molar-refractivity contribution in [3.05, 3.63) is 18.2 Å². The Kier molecular flexibility index (Phi) is 4.82. The Hall–Kier alpha value is -0.830. The lowest BCUT2D eigenvalue weighted by Crippen LogP contribution is -2.20. The largest absolute Gasteiger partial charge is 0.330 e. The molecule has 1 heterocycles. The first kappa shape index (κ1) is 12.2. The highest BCUT2D eigenvalue weighted by molar-refractivity contribution is 5.06. The van der Waals surface area contributed by atoms with Crippen LogP contribution in [0, 0.1) is 0 Å². The van der Waals surface area contributed by atoms with Gasteiger partial charge < -0.3 is 10.3 Å². The van der Waals surface area contributed by atoms with Crippen molar-refractivity contribution in [3.63, 3.8) is 0 Å². The van der Waals surface area contributed by atoms with Crippen LogP contribution in [0.4, 0.5) is 0 Å². The Morgan fingerprint density at radius 1 is 1.47 bits per heavy atom. The molecule has 2 N–H and O–H groups in total. The molecule has 0 amide bonds. The molecule has 3 heteroatoms. The third-order valence-corrected chi connectivity index (χ3v) is 3.10. The van der Waals surface area contributed by atoms with Crippen LogP contribution in [0.1, 0.15) is 57.7 Å². The van der Waals surface area contributed by atoms with Gasteiger partial charge in [0.25, 0.3) is 0 Å². The summed E-state index contributed by atoms with van der Waals surface area (Å²) in [7, 11) is 0. The number of imidazole rings is 1. The molecule has 1 aromatic heterocycles. The van der Waals surface area contributed by atoms with Crippen molar-refractivity contribution in [2.45, 2.75) is 52.0 Å². The lowest BCUT2D eigenvalue weighted by Gasteiger charge is -2.21. The molecule has 0 aliphatic heterocycles. The summed E-state index contributed by atoms with van der Waals surface area (Å²) in [6.07, 6.45) is 7.35. The van der Waals surface area contributed by atoms with Crippen molar-refractivity contribution in [1.82, 2.24) is 9.55 Å². The van der Waals surface area contributed by atoms with Crippen molar-refractivity contribution < 1.29 is 0 Å². The van der Waals surface area contributed by atoms with Gasteiger partial charge in [-0.1, -0.05) is 27.2 Å². The Morgan fingerprint density at radius 2 is 2.20 bits per heavy atom. The van der Waals surface area contributed by atoms with Crippen LogP contribution in [0.3, 0.4) is 0 Å². The van der Waals surface area contributed by atoms with Crippen LogP contribution in [0.25, 0.3) is 0 Å². The van der Waals surface area contributed by atoms with Gasteiger partial charge in [0.1, 0.15) is 0 Å². The maximum atomic E-state index is 5.81. The lowest BCUT2D eigenvalue weighted by molar-refractivity contribution is 0.446. The minimum Gasteiger partial charge on any atom is -0.330 e. The monoisotopic (exact) mass is 209 g/mol. The highest BCUT2D eigenvalue weighted by atomic mass is 15.1. The Balaban J connectivity index is 2.86. The van der Waals surface area contributed by atoms with Gasteiger partial charge in [-0.3, -0.25) is 0 Å². The van der Waals surface area contributed by atoms with E-state index in [1.807, 2.05) is 12.5 Å². The number of aromatic nitrogens is 2. The average molecular weight is 209 g/mol. The highest BCUT2D eigenvalue weighted by Gasteiger charge is 2.15. The summed E-state index contributed by atoms with van der Waals surface area (Å²) in [5.74, 6) is 0.568. The van der Waals surface area contributed by atoms with Gasteiger partial charge in [-0.2, -0.15) is 0 Å². The molecular formula is C12H23N3. The zero-order valence-electron chi connectivity index (χ0n) is 10.1. The topological polar surface area (TPSA) is 43.8 Å². The zero-order valence-corrected chi connectivity index (χ0v) is 10.1. The second-order valence-corrected chi connectivity index (χ2v) is 4.21. The molecule has 0 fully saturated rings. The molecule has 3 nitrogen and oxygen atoms in total. The summed E-state index contributed by atoms with van der Waals surface area (Å²) in [4.78, 5) is 4.25. The van der Waals surface area contributed by atoms with E-state index in [0.29, 0.717) is 18.5 Å². The molecule has 0 bridgehead atoms. The molecule has 2 unspecified atom stereocenters. The van der Waals surface area contributed by atoms with Crippen molar-refractivity contribution in [2.75, 3.05) is 6.54 Å². The smallest absolute Gasteiger partial charge is 0.0951 e. The fourth-order valence-corrected chi connectivity index (χ4v) is 1.91. The van der Waals surface area contributed by atoms with Crippen LogP contribution < -0.4 is 5.73 Å². The van der Waals surface area contributed by atoms with Crippen LogP contribution in [-0.4, -0.2) is 16.1 Å². The summed E-state index contributed by atoms with van der Waals surface area (Å²) in [5, 5.41) is 0. The average Bonchev–Trinajstić information content (AvgIpc) is 2.73. The van der Waals surface area contributed by atoms with E-state index >= 15 is 0 Å². The maximum absolute atomic E-state index is 5.81. The van der Waals surface area contributed by atoms with Crippen molar-refractivity contribution >= 4 is 0 Å². The minimum atomic E-state index is 0.418. The van der Waals surface area contributed by atoms with Crippen molar-refractivity contribution in [2.24, 2.45) is 5.73 Å². The fourth-order valence-electron chi connectivity index (χ4n) is 1.91. The highest BCUT2D eigenvalue weighted by Crippen LogP contribution is 2.23. The fraction of sp³-hybridized carbons (Fsp3) is 0.750. The third-order valence-electron chi connectivity index (χ3n) is 3.10. The van der Waals surface area contributed by atoms with Crippen LogP contribution >= 0.6 is 0 Å². The number of rotatable bonds is 6. The van der Waals surface area contributed by atoms with E-state index in [-0.39, 0.29) is 0 Å². The zero-order chi connectivity index (χ0) is 11.3. The Morgan fingerprint density at radius 3 is 2.73 bits per heavy atom. The summed E-state index contributed by atoms with van der Waals surface area (Å²) in [6.45, 7) is 7.35. The molecular weight excluding hydrogens is 186 g/mol. The van der Waals surface area contributed by atoms with E-state index in [1.165, 1.54) is 12.1 Å². The molecule has 0 aliphatic rings. The third kappa shape index (κ3) is 2.81. The molecule has 0 saturated carbocycles. The first-order chi connectivity index (χ1) is 7.24. The van der Waals surface area contributed by atoms with Gasteiger partial charge in [0.05, 0.1) is 6.33 Å². The lowest BCUT2D eigenvalue weighted by atomic mass is 10.0. The standard InChI is InChI=1S/C12H23N3/c1-4-6-11(7-13)15-9-14-8-12(15)10(3)5-2/h8-11H,4-7,13H2,1-3H3. The number of hydrogen-bond acceptors (Lipinski definition) is 2. The quantitative estimate of drug-likeness (QED) is 0.783. The normalized spacial score (nSPS) is 15.2. The molecule has 0 aromatic carbocycles. The van der Waals surface area contributed by atoms with E-state index in [1.54, 1.807) is 0 Å². The number of nitrogens with two attached hydrogens (primary N) is 1. The second kappa shape index (κ2) is 5.91. The first-order valence-electron chi connectivity index (χ1n) is 5.96. The molecule has 0 saturated heterocycles. The molecule has 1 rings (SSSR count). The van der Waals surface area contributed by atoms with Gasteiger partial charge in [-0.15, -0.1) is 0 Å². The van der Waals surface area contributed by atoms with Gasteiger partial charge in [-0.05, 0) is 18.8 Å². The van der Waals surface area contributed by atoms with E-state index < -0.39 is 0 Å². The van der Waals surface area contributed by atoms with Crippen molar-refractivity contribution in [1.29, 1.82) is 0 Å². The Bertz CT molecular complexity index is 280. The van der Waals surface area contributed by atoms with Crippen molar-refractivity contribution in [3.8, 4) is 0 Å². The molecule has 1 aromatic rings. The SMILES string of the molecule is CCCC(CN)n1cncc1C(C)CC. The maximum Gasteiger partial charge on any atom is 0.0951 e. The minimum absolute atomic E-state index is 0.418. The Labute approximate surface area is 92.7 Å². The molecule has 0 radical (unpaired) electrons. The van der Waals surface area contributed by atoms with E-state index in [2.05, 4.69) is 30.3 Å². The summed E-state index contributed by atoms with van der Waals surface area (Å²) < 4.78 is 2.26. The molecule has 15 heavy (non-hydrogen) atoms. The van der Waals surface area contributed by atoms with Gasteiger partial charge in [0, 0.05) is 24.5 Å². The van der Waals surface area contributed by atoms with E-state index in [9.17, 15) is 0 Å². The van der Waals surface area contributed by atoms with Crippen LogP contribution in [0.15, 0.2) is 12.5 Å². The number of hydrogen-bond donors (Lipinski definition) is 1. The molecule has 0 spiro atoms. The molecule has 0 aliphatic carbocycles. The van der Waals surface area contributed by atoms with E-state index in [0.717, 1.165) is 12.8 Å². The van der Waals surface area contributed by atoms with Gasteiger partial charge >= 0.3 is 0 Å². The van der Waals surface area contributed by atoms with Crippen LogP contribution in [0.2, 0.25) is 0 Å². The van der Waals surface area contributed by atoms with E-state index in [4.69, 9.17) is 5.73 Å². The second-order valence-electron chi connectivity index (χ2n) is 4.21. The van der Waals surface area contributed by atoms with Crippen LogP contribution in [0.5, 0.6) is 0 Å². The van der Waals surface area contributed by atoms with Crippen LogP contribution in [-0.2, 0) is 0 Å². The van der Waals surface area contributed by atoms with Gasteiger partial charge in [-0.25, -0.2) is 4.98 Å². The molecule has 2 atom stereocenters. The van der Waals surface area contributed by atoms with Gasteiger partial charge in [0.2, 0.25) is 0 Å². The van der Waals surface area contributed by atoms with Gasteiger partial charge in [0.15, 0.2) is 0 Å². The summed E-state index contributed by atoms with van der Waals surface area (Å²) >= 11 is 0.